The van der Waals surface area contributed by atoms with Crippen molar-refractivity contribution in [1.82, 2.24) is 0 Å². The lowest BCUT2D eigenvalue weighted by Gasteiger charge is -2.22. The van der Waals surface area contributed by atoms with Crippen LogP contribution in [0.4, 0.5) is 0 Å². The zero-order valence-corrected chi connectivity index (χ0v) is 10.2. The molecular formula is C14H18N2. The Hall–Kier alpha value is -1.33. The maximum Gasteiger partial charge on any atom is 0.0767 e. The van der Waals surface area contributed by atoms with Crippen molar-refractivity contribution in [2.45, 2.75) is 39.7 Å². The highest BCUT2D eigenvalue weighted by Crippen LogP contribution is 2.54. The number of aryl methyl sites for hydroxylation is 3. The molecule has 1 aromatic carbocycles. The average Bonchev–Trinajstić information content (AvgIpc) is 2.96. The summed E-state index contributed by atoms with van der Waals surface area (Å²) in [5.41, 5.74) is 10.8. The van der Waals surface area contributed by atoms with Crippen LogP contribution in [0.1, 0.15) is 41.1 Å². The zero-order chi connectivity index (χ0) is 11.9. The van der Waals surface area contributed by atoms with Crippen LogP contribution in [-0.2, 0) is 0 Å². The number of nitrogens with two attached hydrogens (primary N) is 1. The summed E-state index contributed by atoms with van der Waals surface area (Å²) >= 11 is 0. The summed E-state index contributed by atoms with van der Waals surface area (Å²) < 4.78 is 0. The minimum atomic E-state index is -0.287. The van der Waals surface area contributed by atoms with E-state index in [0.29, 0.717) is 0 Å². The molecule has 0 aliphatic heterocycles. The van der Waals surface area contributed by atoms with Crippen LogP contribution in [0.3, 0.4) is 0 Å². The fourth-order valence-electron chi connectivity index (χ4n) is 2.59. The van der Waals surface area contributed by atoms with E-state index in [1.165, 1.54) is 22.3 Å². The van der Waals surface area contributed by atoms with Gasteiger partial charge in [0.2, 0.25) is 0 Å². The molecule has 0 heterocycles. The van der Waals surface area contributed by atoms with E-state index in [1.807, 2.05) is 0 Å². The van der Waals surface area contributed by atoms with E-state index in [4.69, 9.17) is 5.73 Å². The monoisotopic (exact) mass is 214 g/mol. The topological polar surface area (TPSA) is 49.8 Å². The first-order valence-electron chi connectivity index (χ1n) is 5.75. The van der Waals surface area contributed by atoms with Crippen LogP contribution in [0.15, 0.2) is 12.1 Å². The molecule has 1 aliphatic rings. The van der Waals surface area contributed by atoms with Crippen molar-refractivity contribution in [3.63, 3.8) is 0 Å². The maximum atomic E-state index is 9.19. The largest absolute Gasteiger partial charge is 0.323 e. The van der Waals surface area contributed by atoms with Gasteiger partial charge >= 0.3 is 0 Å². The molecule has 16 heavy (non-hydrogen) atoms. The molecule has 0 bridgehead atoms. The second kappa shape index (κ2) is 3.61. The van der Waals surface area contributed by atoms with Gasteiger partial charge in [-0.2, -0.15) is 5.26 Å². The Kier molecular flexibility index (Phi) is 2.52. The zero-order valence-electron chi connectivity index (χ0n) is 10.2. The number of nitrogens with zero attached hydrogens (tertiary/aromatic N) is 1. The maximum absolute atomic E-state index is 9.19. The third-order valence-corrected chi connectivity index (χ3v) is 3.66. The molecule has 1 atom stereocenters. The number of benzene rings is 1. The Labute approximate surface area is 97.1 Å². The molecule has 1 unspecified atom stereocenters. The Bertz CT molecular complexity index is 441. The van der Waals surface area contributed by atoms with Gasteiger partial charge in [0.25, 0.3) is 0 Å². The quantitative estimate of drug-likeness (QED) is 0.823. The molecule has 2 nitrogen and oxygen atoms in total. The van der Waals surface area contributed by atoms with E-state index in [-0.39, 0.29) is 11.5 Å². The predicted molar refractivity (Wildman–Crippen MR) is 64.9 cm³/mol. The third-order valence-electron chi connectivity index (χ3n) is 3.66. The summed E-state index contributed by atoms with van der Waals surface area (Å²) in [6.07, 6.45) is 1.88. The van der Waals surface area contributed by atoms with Crippen molar-refractivity contribution < 1.29 is 0 Å². The summed E-state index contributed by atoms with van der Waals surface area (Å²) in [6, 6.07) is 6.56. The highest BCUT2D eigenvalue weighted by Gasteiger charge is 2.49. The molecule has 2 rings (SSSR count). The van der Waals surface area contributed by atoms with E-state index in [0.717, 1.165) is 12.8 Å². The summed E-state index contributed by atoms with van der Waals surface area (Å²) in [5.74, 6) is 0. The summed E-state index contributed by atoms with van der Waals surface area (Å²) in [5, 5.41) is 9.19. The van der Waals surface area contributed by atoms with Gasteiger partial charge in [-0.3, -0.25) is 0 Å². The number of nitriles is 1. The second-order valence-electron chi connectivity index (χ2n) is 5.06. The first-order chi connectivity index (χ1) is 7.50. The smallest absolute Gasteiger partial charge is 0.0767 e. The van der Waals surface area contributed by atoms with Crippen LogP contribution in [0.2, 0.25) is 0 Å². The molecule has 0 amide bonds. The molecular weight excluding hydrogens is 196 g/mol. The molecule has 1 aromatic rings. The van der Waals surface area contributed by atoms with Crippen LogP contribution in [0.25, 0.3) is 0 Å². The average molecular weight is 214 g/mol. The number of rotatable bonds is 2. The van der Waals surface area contributed by atoms with Crippen LogP contribution in [-0.4, -0.2) is 0 Å². The molecule has 2 N–H and O–H groups in total. The lowest BCUT2D eigenvalue weighted by atomic mass is 9.86. The van der Waals surface area contributed by atoms with Crippen molar-refractivity contribution in [1.29, 1.82) is 5.26 Å². The molecule has 1 fully saturated rings. The number of hydrogen-bond acceptors (Lipinski definition) is 2. The highest BCUT2D eigenvalue weighted by molar-refractivity contribution is 5.42. The second-order valence-corrected chi connectivity index (χ2v) is 5.06. The molecule has 1 saturated carbocycles. The Morgan fingerprint density at radius 3 is 2.12 bits per heavy atom. The fraction of sp³-hybridized carbons (Fsp3) is 0.500. The number of hydrogen-bond donors (Lipinski definition) is 1. The van der Waals surface area contributed by atoms with E-state index in [2.05, 4.69) is 39.0 Å². The lowest BCUT2D eigenvalue weighted by Crippen LogP contribution is -2.23. The summed E-state index contributed by atoms with van der Waals surface area (Å²) in [6.45, 7) is 6.26. The van der Waals surface area contributed by atoms with Gasteiger partial charge in [-0.25, -0.2) is 0 Å². The van der Waals surface area contributed by atoms with Gasteiger partial charge in [0.1, 0.15) is 0 Å². The van der Waals surface area contributed by atoms with Gasteiger partial charge < -0.3 is 5.73 Å². The molecule has 0 saturated heterocycles. The first kappa shape index (κ1) is 11.2. The third kappa shape index (κ3) is 1.62. The van der Waals surface area contributed by atoms with Crippen LogP contribution < -0.4 is 5.73 Å². The van der Waals surface area contributed by atoms with Crippen molar-refractivity contribution >= 4 is 0 Å². The first-order valence-corrected chi connectivity index (χ1v) is 5.75. The Balaban J connectivity index is 2.45. The standard InChI is InChI=1S/C14H18N2/c1-9-6-10(2)12(11(3)7-9)13(16)14(8-15)4-5-14/h6-7,13H,4-5,16H2,1-3H3. The van der Waals surface area contributed by atoms with Gasteiger partial charge in [-0.05, 0) is 50.3 Å². The van der Waals surface area contributed by atoms with Gasteiger partial charge in [0.05, 0.1) is 11.5 Å². The van der Waals surface area contributed by atoms with Crippen molar-refractivity contribution in [3.05, 3.63) is 34.4 Å². The fourth-order valence-corrected chi connectivity index (χ4v) is 2.59. The van der Waals surface area contributed by atoms with E-state index < -0.39 is 0 Å². The predicted octanol–water partition coefficient (Wildman–Crippen LogP) is 2.92. The van der Waals surface area contributed by atoms with E-state index in [1.54, 1.807) is 0 Å². The van der Waals surface area contributed by atoms with E-state index >= 15 is 0 Å². The highest BCUT2D eigenvalue weighted by atomic mass is 14.7. The molecule has 84 valence electrons. The molecule has 0 radical (unpaired) electrons. The Morgan fingerprint density at radius 1 is 1.25 bits per heavy atom. The summed E-state index contributed by atoms with van der Waals surface area (Å²) in [4.78, 5) is 0. The van der Waals surface area contributed by atoms with E-state index in [9.17, 15) is 5.26 Å². The lowest BCUT2D eigenvalue weighted by molar-refractivity contribution is 0.515. The van der Waals surface area contributed by atoms with Gasteiger partial charge in [0, 0.05) is 6.04 Å². The minimum absolute atomic E-state index is 0.127. The summed E-state index contributed by atoms with van der Waals surface area (Å²) in [7, 11) is 0. The van der Waals surface area contributed by atoms with Crippen LogP contribution in [0.5, 0.6) is 0 Å². The SMILES string of the molecule is Cc1cc(C)c(C(N)C2(C#N)CC2)c(C)c1. The van der Waals surface area contributed by atoms with Crippen molar-refractivity contribution in [3.8, 4) is 6.07 Å². The van der Waals surface area contributed by atoms with Gasteiger partial charge in [-0.15, -0.1) is 0 Å². The Morgan fingerprint density at radius 2 is 1.75 bits per heavy atom. The van der Waals surface area contributed by atoms with Crippen molar-refractivity contribution in [2.24, 2.45) is 11.1 Å². The van der Waals surface area contributed by atoms with Crippen molar-refractivity contribution in [2.75, 3.05) is 0 Å². The van der Waals surface area contributed by atoms with Crippen LogP contribution >= 0.6 is 0 Å². The molecule has 0 aromatic heterocycles. The van der Waals surface area contributed by atoms with Gasteiger partial charge in [-0.1, -0.05) is 17.7 Å². The minimum Gasteiger partial charge on any atom is -0.323 e. The van der Waals surface area contributed by atoms with Gasteiger partial charge in [0.15, 0.2) is 0 Å². The molecule has 2 heteroatoms. The molecule has 1 aliphatic carbocycles. The normalized spacial score (nSPS) is 18.9. The molecule has 0 spiro atoms. The van der Waals surface area contributed by atoms with Crippen LogP contribution in [0, 0.1) is 37.5 Å².